The van der Waals surface area contributed by atoms with Crippen molar-refractivity contribution in [3.8, 4) is 10.6 Å². The molecule has 3 N–H and O–H groups in total. The van der Waals surface area contributed by atoms with E-state index in [1.807, 2.05) is 18.2 Å². The highest BCUT2D eigenvalue weighted by Gasteiger charge is 2.07. The van der Waals surface area contributed by atoms with Gasteiger partial charge in [-0.1, -0.05) is 12.1 Å². The summed E-state index contributed by atoms with van der Waals surface area (Å²) in [5.74, 6) is 0.507. The van der Waals surface area contributed by atoms with Crippen LogP contribution in [0.3, 0.4) is 0 Å². The lowest BCUT2D eigenvalue weighted by Crippen LogP contribution is -2.12. The van der Waals surface area contributed by atoms with E-state index in [0.717, 1.165) is 19.9 Å². The lowest BCUT2D eigenvalue weighted by molar-refractivity contribution is 0.598. The van der Waals surface area contributed by atoms with Crippen molar-refractivity contribution >= 4 is 43.2 Å². The highest BCUT2D eigenvalue weighted by molar-refractivity contribution is 9.11. The van der Waals surface area contributed by atoms with Crippen molar-refractivity contribution in [2.45, 2.75) is 11.4 Å². The average Bonchev–Trinajstić information content (AvgIpc) is 2.99. The molecule has 2 aromatic heterocycles. The molecule has 0 amide bonds. The number of thiophene rings is 1. The van der Waals surface area contributed by atoms with E-state index in [-0.39, 0.29) is 4.90 Å². The topological polar surface area (TPSA) is 98.0 Å². The molecule has 0 atom stereocenters. The molecule has 0 aliphatic rings. The summed E-state index contributed by atoms with van der Waals surface area (Å²) < 4.78 is 23.5. The number of benzene rings is 1. The normalized spacial score (nSPS) is 11.4. The Kier molecular flexibility index (Phi) is 4.95. The summed E-state index contributed by atoms with van der Waals surface area (Å²) in [6.07, 6.45) is 1.70. The quantitative estimate of drug-likeness (QED) is 0.654. The standard InChI is InChI=1S/C15H13BrN4O2S2/c16-14-6-5-13(23-14)12-7-8-18-15(20-12)19-9-10-1-3-11(4-2-10)24(17,21)22/h1-8H,9H2,(H2,17,21,22)(H,18,19,20). The van der Waals surface area contributed by atoms with Crippen LogP contribution in [0, 0.1) is 0 Å². The van der Waals surface area contributed by atoms with E-state index >= 15 is 0 Å². The molecule has 0 saturated heterocycles. The van der Waals surface area contributed by atoms with Gasteiger partial charge >= 0.3 is 0 Å². The van der Waals surface area contributed by atoms with Crippen molar-refractivity contribution < 1.29 is 8.42 Å². The third-order valence-electron chi connectivity index (χ3n) is 3.18. The maximum absolute atomic E-state index is 11.2. The van der Waals surface area contributed by atoms with Crippen LogP contribution in [0.2, 0.25) is 0 Å². The van der Waals surface area contributed by atoms with Crippen molar-refractivity contribution in [2.24, 2.45) is 5.14 Å². The minimum absolute atomic E-state index is 0.0905. The Hall–Kier alpha value is -1.81. The van der Waals surface area contributed by atoms with Crippen LogP contribution in [0.5, 0.6) is 0 Å². The minimum Gasteiger partial charge on any atom is -0.350 e. The third-order valence-corrected chi connectivity index (χ3v) is 5.76. The number of halogens is 1. The number of nitrogens with two attached hydrogens (primary N) is 1. The van der Waals surface area contributed by atoms with Gasteiger partial charge in [-0.25, -0.2) is 23.5 Å². The first-order valence-corrected chi connectivity index (χ1v) is 10.0. The Balaban J connectivity index is 1.71. The Labute approximate surface area is 152 Å². The first kappa shape index (κ1) is 17.0. The van der Waals surface area contributed by atoms with Crippen LogP contribution >= 0.6 is 27.3 Å². The maximum Gasteiger partial charge on any atom is 0.238 e. The Morgan fingerprint density at radius 1 is 1.12 bits per heavy atom. The zero-order valence-corrected chi connectivity index (χ0v) is 15.5. The number of nitrogens with zero attached hydrogens (tertiary/aromatic N) is 2. The van der Waals surface area contributed by atoms with Crippen molar-refractivity contribution in [1.29, 1.82) is 0 Å². The van der Waals surface area contributed by atoms with Crippen LogP contribution in [0.1, 0.15) is 5.56 Å². The van der Waals surface area contributed by atoms with Crippen LogP contribution in [0.15, 0.2) is 57.3 Å². The second kappa shape index (κ2) is 6.98. The lowest BCUT2D eigenvalue weighted by Gasteiger charge is -2.06. The SMILES string of the molecule is NS(=O)(=O)c1ccc(CNc2nccc(-c3ccc(Br)s3)n2)cc1. The van der Waals surface area contributed by atoms with Gasteiger partial charge in [-0.3, -0.25) is 0 Å². The van der Waals surface area contributed by atoms with E-state index in [1.165, 1.54) is 12.1 Å². The fourth-order valence-corrected chi connectivity index (χ4v) is 3.88. The molecule has 9 heteroatoms. The van der Waals surface area contributed by atoms with Gasteiger partial charge in [0.2, 0.25) is 16.0 Å². The molecule has 0 unspecified atom stereocenters. The van der Waals surface area contributed by atoms with Crippen molar-refractivity contribution in [1.82, 2.24) is 9.97 Å². The first-order chi connectivity index (χ1) is 11.4. The molecule has 2 heterocycles. The number of anilines is 1. The van der Waals surface area contributed by atoms with Gasteiger partial charge in [0, 0.05) is 12.7 Å². The second-order valence-electron chi connectivity index (χ2n) is 4.91. The van der Waals surface area contributed by atoms with E-state index < -0.39 is 10.0 Å². The van der Waals surface area contributed by atoms with Gasteiger partial charge in [-0.15, -0.1) is 11.3 Å². The number of primary sulfonamides is 1. The molecule has 3 rings (SSSR count). The Bertz CT molecular complexity index is 956. The van der Waals surface area contributed by atoms with E-state index in [2.05, 4.69) is 31.2 Å². The molecule has 0 bridgehead atoms. The van der Waals surface area contributed by atoms with E-state index in [4.69, 9.17) is 5.14 Å². The average molecular weight is 425 g/mol. The van der Waals surface area contributed by atoms with Gasteiger partial charge in [-0.2, -0.15) is 0 Å². The van der Waals surface area contributed by atoms with Crippen LogP contribution in [-0.2, 0) is 16.6 Å². The van der Waals surface area contributed by atoms with Crippen molar-refractivity contribution in [3.05, 3.63) is 58.0 Å². The molecule has 3 aromatic rings. The summed E-state index contributed by atoms with van der Waals surface area (Å²) in [6, 6.07) is 12.2. The summed E-state index contributed by atoms with van der Waals surface area (Å²) in [5, 5.41) is 8.21. The number of nitrogens with one attached hydrogen (secondary N) is 1. The summed E-state index contributed by atoms with van der Waals surface area (Å²) in [6.45, 7) is 0.475. The maximum atomic E-state index is 11.2. The number of sulfonamides is 1. The second-order valence-corrected chi connectivity index (χ2v) is 8.94. The van der Waals surface area contributed by atoms with E-state index in [0.29, 0.717) is 12.5 Å². The highest BCUT2D eigenvalue weighted by atomic mass is 79.9. The highest BCUT2D eigenvalue weighted by Crippen LogP contribution is 2.30. The Morgan fingerprint density at radius 3 is 2.50 bits per heavy atom. The van der Waals surface area contributed by atoms with Crippen LogP contribution in [0.4, 0.5) is 5.95 Å². The minimum atomic E-state index is -3.67. The third kappa shape index (κ3) is 4.18. The summed E-state index contributed by atoms with van der Waals surface area (Å²) in [5.41, 5.74) is 1.74. The first-order valence-electron chi connectivity index (χ1n) is 6.86. The molecule has 124 valence electrons. The van der Waals surface area contributed by atoms with Gasteiger partial charge in [0.05, 0.1) is 19.3 Å². The molecule has 0 spiro atoms. The van der Waals surface area contributed by atoms with Crippen LogP contribution in [-0.4, -0.2) is 18.4 Å². The predicted molar refractivity (Wildman–Crippen MR) is 98.2 cm³/mol. The molecular formula is C15H13BrN4O2S2. The number of rotatable bonds is 5. The number of hydrogen-bond donors (Lipinski definition) is 2. The van der Waals surface area contributed by atoms with Gasteiger partial charge in [0.1, 0.15) is 0 Å². The molecule has 0 radical (unpaired) electrons. The van der Waals surface area contributed by atoms with E-state index in [1.54, 1.807) is 29.7 Å². The fraction of sp³-hybridized carbons (Fsp3) is 0.0667. The summed E-state index contributed by atoms with van der Waals surface area (Å²) in [7, 11) is -3.67. The molecular weight excluding hydrogens is 412 g/mol. The van der Waals surface area contributed by atoms with Crippen LogP contribution < -0.4 is 10.5 Å². The lowest BCUT2D eigenvalue weighted by atomic mass is 10.2. The molecule has 0 aliphatic heterocycles. The number of hydrogen-bond acceptors (Lipinski definition) is 6. The van der Waals surface area contributed by atoms with Crippen LogP contribution in [0.25, 0.3) is 10.6 Å². The molecule has 0 aliphatic carbocycles. The molecule has 24 heavy (non-hydrogen) atoms. The smallest absolute Gasteiger partial charge is 0.238 e. The van der Waals surface area contributed by atoms with Gasteiger partial charge in [0.25, 0.3) is 0 Å². The zero-order valence-electron chi connectivity index (χ0n) is 12.3. The molecule has 0 saturated carbocycles. The largest absolute Gasteiger partial charge is 0.350 e. The summed E-state index contributed by atoms with van der Waals surface area (Å²) >= 11 is 5.03. The molecule has 6 nitrogen and oxygen atoms in total. The molecule has 0 fully saturated rings. The molecule has 1 aromatic carbocycles. The summed E-state index contributed by atoms with van der Waals surface area (Å²) in [4.78, 5) is 9.81. The monoisotopic (exact) mass is 424 g/mol. The van der Waals surface area contributed by atoms with Crippen molar-refractivity contribution in [3.63, 3.8) is 0 Å². The zero-order chi connectivity index (χ0) is 17.2. The van der Waals surface area contributed by atoms with Crippen molar-refractivity contribution in [2.75, 3.05) is 5.32 Å². The van der Waals surface area contributed by atoms with Gasteiger partial charge in [0.15, 0.2) is 0 Å². The Morgan fingerprint density at radius 2 is 1.88 bits per heavy atom. The fourth-order valence-electron chi connectivity index (χ4n) is 2.01. The van der Waals surface area contributed by atoms with Gasteiger partial charge in [-0.05, 0) is 51.8 Å². The predicted octanol–water partition coefficient (Wildman–Crippen LogP) is 3.23. The van der Waals surface area contributed by atoms with E-state index in [9.17, 15) is 8.42 Å². The van der Waals surface area contributed by atoms with Gasteiger partial charge < -0.3 is 5.32 Å². The number of aromatic nitrogens is 2.